The maximum atomic E-state index is 6.09. The van der Waals surface area contributed by atoms with E-state index in [0.717, 1.165) is 19.0 Å². The Morgan fingerprint density at radius 3 is 2.62 bits per heavy atom. The van der Waals surface area contributed by atoms with E-state index in [2.05, 4.69) is 52.2 Å². The Morgan fingerprint density at radius 1 is 1.25 bits per heavy atom. The molecule has 0 radical (unpaired) electrons. The van der Waals surface area contributed by atoms with Gasteiger partial charge in [0.15, 0.2) is 0 Å². The van der Waals surface area contributed by atoms with Gasteiger partial charge in [-0.25, -0.2) is 0 Å². The number of hydrogen-bond acceptors (Lipinski definition) is 1. The molecule has 2 atom stereocenters. The minimum atomic E-state index is 0.421. The van der Waals surface area contributed by atoms with Crippen molar-refractivity contribution in [2.45, 2.75) is 31.2 Å². The Morgan fingerprint density at radius 2 is 2.00 bits per heavy atom. The van der Waals surface area contributed by atoms with Gasteiger partial charge < -0.3 is 5.32 Å². The zero-order valence-electron chi connectivity index (χ0n) is 9.26. The Balaban J connectivity index is 1.70. The molecule has 1 aromatic rings. The van der Waals surface area contributed by atoms with Gasteiger partial charge in [0.05, 0.1) is 0 Å². The second-order valence-corrected chi connectivity index (χ2v) is 6.40. The van der Waals surface area contributed by atoms with Crippen molar-refractivity contribution in [3.63, 3.8) is 0 Å². The van der Waals surface area contributed by atoms with Crippen molar-refractivity contribution in [3.8, 4) is 0 Å². The molecule has 2 unspecified atom stereocenters. The molecule has 88 valence electrons. The molecule has 0 heterocycles. The van der Waals surface area contributed by atoms with Crippen molar-refractivity contribution in [3.05, 3.63) is 33.4 Å². The molecule has 1 N–H and O–H groups in total. The molecule has 3 heteroatoms. The van der Waals surface area contributed by atoms with E-state index >= 15 is 0 Å². The summed E-state index contributed by atoms with van der Waals surface area (Å²) in [7, 11) is 0. The van der Waals surface area contributed by atoms with Crippen LogP contribution in [0.5, 0.6) is 0 Å². The molecular formula is C13H17ClIN. The Hall–Kier alpha value is 0.200. The summed E-state index contributed by atoms with van der Waals surface area (Å²) in [5.74, 6) is 0.784. The van der Waals surface area contributed by atoms with Gasteiger partial charge in [0.1, 0.15) is 0 Å². The van der Waals surface area contributed by atoms with Crippen LogP contribution >= 0.6 is 34.2 Å². The quantitative estimate of drug-likeness (QED) is 0.644. The highest BCUT2D eigenvalue weighted by Crippen LogP contribution is 2.28. The first-order valence-electron chi connectivity index (χ1n) is 5.83. The predicted molar refractivity (Wildman–Crippen MR) is 77.8 cm³/mol. The number of hydrogen-bond donors (Lipinski definition) is 1. The zero-order valence-corrected chi connectivity index (χ0v) is 12.2. The van der Waals surface area contributed by atoms with Gasteiger partial charge in [-0.15, -0.1) is 11.6 Å². The van der Waals surface area contributed by atoms with Gasteiger partial charge in [0.2, 0.25) is 0 Å². The van der Waals surface area contributed by atoms with E-state index < -0.39 is 0 Å². The van der Waals surface area contributed by atoms with Crippen LogP contribution < -0.4 is 5.32 Å². The fourth-order valence-electron chi connectivity index (χ4n) is 2.22. The van der Waals surface area contributed by atoms with Crippen LogP contribution in [0.25, 0.3) is 0 Å². The van der Waals surface area contributed by atoms with Gasteiger partial charge in [0.25, 0.3) is 0 Å². The van der Waals surface area contributed by atoms with E-state index in [-0.39, 0.29) is 0 Å². The first-order valence-corrected chi connectivity index (χ1v) is 7.35. The predicted octanol–water partition coefficient (Wildman–Crippen LogP) is 3.79. The van der Waals surface area contributed by atoms with Gasteiger partial charge in [-0.1, -0.05) is 12.1 Å². The lowest BCUT2D eigenvalue weighted by atomic mass is 10.1. The van der Waals surface area contributed by atoms with E-state index in [1.54, 1.807) is 0 Å². The standard InChI is InChI=1S/C13H17ClIN/c14-12-4-1-11(7-12)9-16-8-10-2-5-13(15)6-3-10/h2-3,5-6,11-12,16H,1,4,7-9H2. The lowest BCUT2D eigenvalue weighted by molar-refractivity contribution is 0.490. The van der Waals surface area contributed by atoms with E-state index in [0.29, 0.717) is 5.38 Å². The molecule has 0 amide bonds. The second kappa shape index (κ2) is 6.22. The molecule has 0 spiro atoms. The molecule has 2 rings (SSSR count). The zero-order chi connectivity index (χ0) is 11.4. The third-order valence-electron chi connectivity index (χ3n) is 3.15. The first-order chi connectivity index (χ1) is 7.74. The number of halogens is 2. The highest BCUT2D eigenvalue weighted by atomic mass is 127. The van der Waals surface area contributed by atoms with Crippen molar-refractivity contribution in [1.29, 1.82) is 0 Å². The molecule has 0 saturated heterocycles. The Labute approximate surface area is 116 Å². The molecule has 16 heavy (non-hydrogen) atoms. The first kappa shape index (κ1) is 12.7. The fourth-order valence-corrected chi connectivity index (χ4v) is 2.96. The van der Waals surface area contributed by atoms with Crippen LogP contribution in [0.3, 0.4) is 0 Å². The Kier molecular flexibility index (Phi) is 4.92. The molecule has 1 nitrogen and oxygen atoms in total. The Bertz CT molecular complexity index is 325. The van der Waals surface area contributed by atoms with Gasteiger partial charge in [0, 0.05) is 15.5 Å². The van der Waals surface area contributed by atoms with E-state index in [1.165, 1.54) is 28.4 Å². The van der Waals surface area contributed by atoms with Crippen LogP contribution in [0.2, 0.25) is 0 Å². The lowest BCUT2D eigenvalue weighted by Crippen LogP contribution is -2.21. The van der Waals surface area contributed by atoms with Gasteiger partial charge in [-0.3, -0.25) is 0 Å². The van der Waals surface area contributed by atoms with Gasteiger partial charge in [-0.2, -0.15) is 0 Å². The van der Waals surface area contributed by atoms with E-state index in [4.69, 9.17) is 11.6 Å². The van der Waals surface area contributed by atoms with Crippen molar-refractivity contribution < 1.29 is 0 Å². The SMILES string of the molecule is ClC1CCC(CNCc2ccc(I)cc2)C1. The third-order valence-corrected chi connectivity index (χ3v) is 4.27. The number of alkyl halides is 1. The molecule has 0 aliphatic heterocycles. The third kappa shape index (κ3) is 3.90. The topological polar surface area (TPSA) is 12.0 Å². The maximum Gasteiger partial charge on any atom is 0.0339 e. The average molecular weight is 350 g/mol. The van der Waals surface area contributed by atoms with E-state index in [9.17, 15) is 0 Å². The summed E-state index contributed by atoms with van der Waals surface area (Å²) < 4.78 is 1.29. The summed E-state index contributed by atoms with van der Waals surface area (Å²) in [5, 5.41) is 3.94. The molecular weight excluding hydrogens is 333 g/mol. The van der Waals surface area contributed by atoms with Crippen LogP contribution in [-0.4, -0.2) is 11.9 Å². The monoisotopic (exact) mass is 349 g/mol. The summed E-state index contributed by atoms with van der Waals surface area (Å²) in [5.41, 5.74) is 1.36. The van der Waals surface area contributed by atoms with Crippen LogP contribution in [0, 0.1) is 9.49 Å². The minimum Gasteiger partial charge on any atom is -0.312 e. The van der Waals surface area contributed by atoms with Gasteiger partial charge >= 0.3 is 0 Å². The summed E-state index contributed by atoms with van der Waals surface area (Å²) in [6, 6.07) is 8.69. The summed E-state index contributed by atoms with van der Waals surface area (Å²) >= 11 is 8.42. The molecule has 1 saturated carbocycles. The molecule has 1 aromatic carbocycles. The van der Waals surface area contributed by atoms with Crippen LogP contribution in [0.15, 0.2) is 24.3 Å². The largest absolute Gasteiger partial charge is 0.312 e. The average Bonchev–Trinajstić information content (AvgIpc) is 2.67. The lowest BCUT2D eigenvalue weighted by Gasteiger charge is -2.10. The van der Waals surface area contributed by atoms with Gasteiger partial charge in [-0.05, 0) is 72.0 Å². The van der Waals surface area contributed by atoms with Crippen molar-refractivity contribution >= 4 is 34.2 Å². The number of benzene rings is 1. The number of rotatable bonds is 4. The molecule has 1 fully saturated rings. The molecule has 0 aromatic heterocycles. The normalized spacial score (nSPS) is 24.9. The molecule has 1 aliphatic carbocycles. The fraction of sp³-hybridized carbons (Fsp3) is 0.538. The van der Waals surface area contributed by atoms with Crippen molar-refractivity contribution in [1.82, 2.24) is 5.32 Å². The van der Waals surface area contributed by atoms with Crippen molar-refractivity contribution in [2.75, 3.05) is 6.54 Å². The molecule has 1 aliphatic rings. The van der Waals surface area contributed by atoms with Crippen LogP contribution in [-0.2, 0) is 6.54 Å². The van der Waals surface area contributed by atoms with Crippen molar-refractivity contribution in [2.24, 2.45) is 5.92 Å². The summed E-state index contributed by atoms with van der Waals surface area (Å²) in [6.45, 7) is 2.08. The summed E-state index contributed by atoms with van der Waals surface area (Å²) in [4.78, 5) is 0. The molecule has 0 bridgehead atoms. The second-order valence-electron chi connectivity index (χ2n) is 4.53. The number of nitrogens with one attached hydrogen (secondary N) is 1. The van der Waals surface area contributed by atoms with Crippen LogP contribution in [0.1, 0.15) is 24.8 Å². The smallest absolute Gasteiger partial charge is 0.0339 e. The summed E-state index contributed by atoms with van der Waals surface area (Å²) in [6.07, 6.45) is 3.66. The maximum absolute atomic E-state index is 6.09. The highest BCUT2D eigenvalue weighted by Gasteiger charge is 2.21. The minimum absolute atomic E-state index is 0.421. The van der Waals surface area contributed by atoms with Crippen LogP contribution in [0.4, 0.5) is 0 Å². The van der Waals surface area contributed by atoms with E-state index in [1.807, 2.05) is 0 Å². The highest BCUT2D eigenvalue weighted by molar-refractivity contribution is 14.1.